The second-order valence-corrected chi connectivity index (χ2v) is 4.33. The van der Waals surface area contributed by atoms with Crippen LogP contribution in [0.5, 0.6) is 0 Å². The van der Waals surface area contributed by atoms with Gasteiger partial charge in [0, 0.05) is 18.3 Å². The molecular weight excluding hydrogens is 188 g/mol. The topological polar surface area (TPSA) is 46.3 Å². The van der Waals surface area contributed by atoms with Gasteiger partial charge < -0.3 is 10.6 Å². The van der Waals surface area contributed by atoms with E-state index in [9.17, 15) is 4.79 Å². The van der Waals surface area contributed by atoms with Gasteiger partial charge in [-0.25, -0.2) is 0 Å². The Morgan fingerprint density at radius 3 is 2.80 bits per heavy atom. The predicted molar refractivity (Wildman–Crippen MR) is 60.0 cm³/mol. The van der Waals surface area contributed by atoms with Gasteiger partial charge in [-0.2, -0.15) is 0 Å². The molecule has 0 radical (unpaired) electrons. The van der Waals surface area contributed by atoms with Crippen molar-refractivity contribution in [3.8, 4) is 0 Å². The van der Waals surface area contributed by atoms with Crippen LogP contribution in [0.1, 0.15) is 32.6 Å². The molecule has 1 heterocycles. The maximum atomic E-state index is 11.3. The van der Waals surface area contributed by atoms with Gasteiger partial charge in [0.25, 0.3) is 0 Å². The van der Waals surface area contributed by atoms with Crippen LogP contribution in [0.25, 0.3) is 0 Å². The molecule has 15 heavy (non-hydrogen) atoms. The summed E-state index contributed by atoms with van der Waals surface area (Å²) in [5.41, 5.74) is 7.18. The zero-order valence-corrected chi connectivity index (χ0v) is 9.20. The molecule has 1 amide bonds. The summed E-state index contributed by atoms with van der Waals surface area (Å²) >= 11 is 0. The zero-order chi connectivity index (χ0) is 10.8. The van der Waals surface area contributed by atoms with E-state index < -0.39 is 0 Å². The number of hydrogen-bond donors (Lipinski definition) is 1. The molecule has 1 aliphatic heterocycles. The van der Waals surface area contributed by atoms with Gasteiger partial charge in [0.2, 0.25) is 5.91 Å². The number of carbonyl (C=O) groups is 1. The van der Waals surface area contributed by atoms with Crippen molar-refractivity contribution in [3.05, 3.63) is 23.4 Å². The molecule has 3 nitrogen and oxygen atoms in total. The van der Waals surface area contributed by atoms with E-state index in [1.54, 1.807) is 0 Å². The summed E-state index contributed by atoms with van der Waals surface area (Å²) in [6.45, 7) is 3.26. The zero-order valence-electron chi connectivity index (χ0n) is 9.20. The number of allylic oxidation sites excluding steroid dienone is 2. The maximum Gasteiger partial charge on any atom is 0.250 e. The van der Waals surface area contributed by atoms with E-state index in [4.69, 9.17) is 5.73 Å². The van der Waals surface area contributed by atoms with Gasteiger partial charge in [-0.1, -0.05) is 12.2 Å². The van der Waals surface area contributed by atoms with Crippen molar-refractivity contribution in [1.82, 2.24) is 4.90 Å². The standard InChI is InChI=1S/C12H18N2O/c1-9-5-4-8-14(9)11-7-3-2-6-10(11)12(13)15/h6-7,9H,2-5,8H2,1H3,(H2,13,15)/t9-/m0/s1. The molecule has 82 valence electrons. The molecule has 0 aromatic carbocycles. The monoisotopic (exact) mass is 206 g/mol. The third kappa shape index (κ3) is 1.91. The third-order valence-electron chi connectivity index (χ3n) is 3.26. The summed E-state index contributed by atoms with van der Waals surface area (Å²) in [5.74, 6) is -0.292. The molecule has 2 aliphatic rings. The van der Waals surface area contributed by atoms with E-state index in [-0.39, 0.29) is 5.91 Å². The van der Waals surface area contributed by atoms with Crippen molar-refractivity contribution in [2.45, 2.75) is 38.6 Å². The van der Waals surface area contributed by atoms with E-state index in [0.717, 1.165) is 30.7 Å². The Morgan fingerprint density at radius 1 is 1.47 bits per heavy atom. The van der Waals surface area contributed by atoms with Crippen LogP contribution < -0.4 is 5.73 Å². The van der Waals surface area contributed by atoms with Crippen LogP contribution in [0.4, 0.5) is 0 Å². The molecule has 0 saturated carbocycles. The molecule has 0 bridgehead atoms. The van der Waals surface area contributed by atoms with Gasteiger partial charge in [0.1, 0.15) is 0 Å². The lowest BCUT2D eigenvalue weighted by Gasteiger charge is -2.29. The lowest BCUT2D eigenvalue weighted by molar-refractivity contribution is -0.114. The number of likely N-dealkylation sites (tertiary alicyclic amines) is 1. The van der Waals surface area contributed by atoms with Crippen LogP contribution in [0.15, 0.2) is 23.4 Å². The fourth-order valence-electron chi connectivity index (χ4n) is 2.45. The van der Waals surface area contributed by atoms with Crippen molar-refractivity contribution in [2.75, 3.05) is 6.54 Å². The van der Waals surface area contributed by atoms with E-state index >= 15 is 0 Å². The quantitative estimate of drug-likeness (QED) is 0.745. The summed E-state index contributed by atoms with van der Waals surface area (Å²) in [6.07, 6.45) is 8.51. The van der Waals surface area contributed by atoms with Crippen molar-refractivity contribution in [3.63, 3.8) is 0 Å². The smallest absolute Gasteiger partial charge is 0.250 e. The Morgan fingerprint density at radius 2 is 2.20 bits per heavy atom. The summed E-state index contributed by atoms with van der Waals surface area (Å²) in [5, 5.41) is 0. The number of hydrogen-bond acceptors (Lipinski definition) is 2. The Balaban J connectivity index is 2.23. The number of carbonyl (C=O) groups excluding carboxylic acids is 1. The van der Waals surface area contributed by atoms with Crippen LogP contribution in [0.3, 0.4) is 0 Å². The highest BCUT2D eigenvalue weighted by molar-refractivity contribution is 5.96. The van der Waals surface area contributed by atoms with Crippen LogP contribution in [-0.4, -0.2) is 23.4 Å². The molecule has 0 aromatic rings. The van der Waals surface area contributed by atoms with Crippen molar-refractivity contribution < 1.29 is 4.79 Å². The van der Waals surface area contributed by atoms with Crippen LogP contribution in [0.2, 0.25) is 0 Å². The summed E-state index contributed by atoms with van der Waals surface area (Å²) in [6, 6.07) is 0.539. The maximum absolute atomic E-state index is 11.3. The minimum Gasteiger partial charge on any atom is -0.368 e. The van der Waals surface area contributed by atoms with Crippen LogP contribution in [0, 0.1) is 0 Å². The van der Waals surface area contributed by atoms with Crippen LogP contribution >= 0.6 is 0 Å². The average molecular weight is 206 g/mol. The number of nitrogens with zero attached hydrogens (tertiary/aromatic N) is 1. The van der Waals surface area contributed by atoms with Gasteiger partial charge >= 0.3 is 0 Å². The minimum atomic E-state index is -0.292. The Bertz CT molecular complexity index is 331. The summed E-state index contributed by atoms with van der Waals surface area (Å²) in [7, 11) is 0. The molecule has 0 unspecified atom stereocenters. The molecule has 1 atom stereocenters. The van der Waals surface area contributed by atoms with Crippen molar-refractivity contribution >= 4 is 5.91 Å². The molecular formula is C12H18N2O. The van der Waals surface area contributed by atoms with Gasteiger partial charge in [0.05, 0.1) is 5.57 Å². The molecule has 2 N–H and O–H groups in total. The fraction of sp³-hybridized carbons (Fsp3) is 0.583. The number of primary amides is 1. The summed E-state index contributed by atoms with van der Waals surface area (Å²) in [4.78, 5) is 13.6. The number of amides is 1. The first-order chi connectivity index (χ1) is 7.20. The molecule has 1 saturated heterocycles. The fourth-order valence-corrected chi connectivity index (χ4v) is 2.45. The summed E-state index contributed by atoms with van der Waals surface area (Å²) < 4.78 is 0. The second-order valence-electron chi connectivity index (χ2n) is 4.33. The molecule has 2 rings (SSSR count). The third-order valence-corrected chi connectivity index (χ3v) is 3.26. The second kappa shape index (κ2) is 4.09. The highest BCUT2D eigenvalue weighted by Crippen LogP contribution is 2.29. The average Bonchev–Trinajstić information content (AvgIpc) is 2.64. The van der Waals surface area contributed by atoms with Crippen molar-refractivity contribution in [2.24, 2.45) is 5.73 Å². The van der Waals surface area contributed by atoms with E-state index in [0.29, 0.717) is 6.04 Å². The normalized spacial score (nSPS) is 26.2. The molecule has 1 aliphatic carbocycles. The molecule has 3 heteroatoms. The first kappa shape index (κ1) is 10.3. The highest BCUT2D eigenvalue weighted by atomic mass is 16.1. The van der Waals surface area contributed by atoms with Crippen molar-refractivity contribution in [1.29, 1.82) is 0 Å². The number of nitrogens with two attached hydrogens (primary N) is 1. The van der Waals surface area contributed by atoms with E-state index in [2.05, 4.69) is 17.9 Å². The Labute approximate surface area is 90.6 Å². The lowest BCUT2D eigenvalue weighted by Crippen LogP contribution is -2.31. The molecule has 0 aromatic heterocycles. The first-order valence-electron chi connectivity index (χ1n) is 5.67. The molecule has 1 fully saturated rings. The minimum absolute atomic E-state index is 0.292. The SMILES string of the molecule is C[C@H]1CCCN1C1=CCCC=C1C(N)=O. The Kier molecular flexibility index (Phi) is 2.80. The van der Waals surface area contributed by atoms with E-state index in [1.165, 1.54) is 12.8 Å². The largest absolute Gasteiger partial charge is 0.368 e. The first-order valence-corrected chi connectivity index (χ1v) is 5.67. The van der Waals surface area contributed by atoms with Gasteiger partial charge in [-0.3, -0.25) is 4.79 Å². The Hall–Kier alpha value is -1.25. The highest BCUT2D eigenvalue weighted by Gasteiger charge is 2.26. The van der Waals surface area contributed by atoms with Crippen LogP contribution in [-0.2, 0) is 4.79 Å². The van der Waals surface area contributed by atoms with Gasteiger partial charge in [-0.15, -0.1) is 0 Å². The van der Waals surface area contributed by atoms with E-state index in [1.807, 2.05) is 6.08 Å². The predicted octanol–water partition coefficient (Wildman–Crippen LogP) is 1.56. The lowest BCUT2D eigenvalue weighted by atomic mass is 10.0. The number of rotatable bonds is 2. The molecule has 0 spiro atoms. The van der Waals surface area contributed by atoms with Gasteiger partial charge in [-0.05, 0) is 32.6 Å². The van der Waals surface area contributed by atoms with Gasteiger partial charge in [0.15, 0.2) is 0 Å².